The first-order valence-electron chi connectivity index (χ1n) is 13.0. The summed E-state index contributed by atoms with van der Waals surface area (Å²) >= 11 is 0. The molecule has 6 nitrogen and oxygen atoms in total. The molecule has 0 aliphatic carbocycles. The Bertz CT molecular complexity index is 793. The summed E-state index contributed by atoms with van der Waals surface area (Å²) in [5.74, 6) is -0.198. The van der Waals surface area contributed by atoms with Crippen LogP contribution in [0.15, 0.2) is 24.3 Å². The number of ether oxygens (including phenoxy) is 1. The Labute approximate surface area is 194 Å². The molecule has 7 rings (SSSR count). The van der Waals surface area contributed by atoms with Crippen LogP contribution >= 0.6 is 0 Å². The molecule has 0 spiro atoms. The molecule has 1 aromatic carbocycles. The molecule has 6 heteroatoms. The second-order valence-electron chi connectivity index (χ2n) is 11.5. The first kappa shape index (κ1) is 22.3. The van der Waals surface area contributed by atoms with Crippen molar-refractivity contribution < 1.29 is 23.0 Å². The Balaban J connectivity index is 1.14. The molecular weight excluding hydrogens is 400 g/mol. The maximum absolute atomic E-state index is 12.3. The van der Waals surface area contributed by atoms with Crippen LogP contribution in [0.25, 0.3) is 0 Å². The Morgan fingerprint density at radius 1 is 0.875 bits per heavy atom. The van der Waals surface area contributed by atoms with E-state index < -0.39 is 0 Å². The van der Waals surface area contributed by atoms with Crippen LogP contribution in [0.1, 0.15) is 36.2 Å². The standard InChI is InChI=1S/C26H43N4O2/c1-23(2)32-26(31)25-6-3-5-24(21-25)22-30-18-15-29(16-19-30,17-20-30)11-4-10-28-12-7-27(8-13-28)9-14-28/h3,5-6,21,23H,4,7-20,22H2,1-2H3/q+3. The SMILES string of the molecule is CC(C)OC(=O)c1cccc(C[N+]23CC[N+](CCC[N+]45CCN(CC4)CC5)(CC2)CC3)c1. The van der Waals surface area contributed by atoms with Crippen LogP contribution in [-0.4, -0.2) is 122 Å². The van der Waals surface area contributed by atoms with Gasteiger partial charge in [0, 0.05) is 31.6 Å². The third kappa shape index (κ3) is 4.60. The highest BCUT2D eigenvalue weighted by atomic mass is 16.5. The highest BCUT2D eigenvalue weighted by Crippen LogP contribution is 2.30. The minimum atomic E-state index is -0.198. The third-order valence-electron chi connectivity index (χ3n) is 9.11. The van der Waals surface area contributed by atoms with Gasteiger partial charge >= 0.3 is 5.97 Å². The lowest BCUT2D eigenvalue weighted by molar-refractivity contribution is -1.09. The highest BCUT2D eigenvalue weighted by Gasteiger charge is 2.49. The predicted molar refractivity (Wildman–Crippen MR) is 126 cm³/mol. The molecule has 6 aliphatic rings. The van der Waals surface area contributed by atoms with E-state index in [-0.39, 0.29) is 12.1 Å². The quantitative estimate of drug-likeness (QED) is 0.454. The van der Waals surface area contributed by atoms with Crippen LogP contribution in [0.3, 0.4) is 0 Å². The monoisotopic (exact) mass is 443 g/mol. The predicted octanol–water partition coefficient (Wildman–Crippen LogP) is 1.95. The van der Waals surface area contributed by atoms with E-state index >= 15 is 0 Å². The van der Waals surface area contributed by atoms with Crippen molar-refractivity contribution in [3.8, 4) is 0 Å². The average Bonchev–Trinajstić information content (AvgIpc) is 2.81. The van der Waals surface area contributed by atoms with Crippen LogP contribution < -0.4 is 0 Å². The first-order chi connectivity index (χ1) is 15.4. The molecule has 4 bridgehead atoms. The molecule has 0 saturated carbocycles. The molecule has 6 fully saturated rings. The van der Waals surface area contributed by atoms with E-state index in [1.165, 1.54) is 117 Å². The van der Waals surface area contributed by atoms with Crippen LogP contribution in [0.4, 0.5) is 0 Å². The fourth-order valence-corrected chi connectivity index (χ4v) is 6.79. The summed E-state index contributed by atoms with van der Waals surface area (Å²) in [7, 11) is 0. The van der Waals surface area contributed by atoms with E-state index in [0.29, 0.717) is 5.56 Å². The van der Waals surface area contributed by atoms with Gasteiger partial charge in [0.25, 0.3) is 0 Å². The minimum absolute atomic E-state index is 0.0765. The summed E-state index contributed by atoms with van der Waals surface area (Å²) < 4.78 is 9.39. The van der Waals surface area contributed by atoms with Gasteiger partial charge in [-0.2, -0.15) is 0 Å². The Hall–Kier alpha value is -1.47. The summed E-state index contributed by atoms with van der Waals surface area (Å²) in [6, 6.07) is 8.16. The van der Waals surface area contributed by atoms with Crippen LogP contribution in [-0.2, 0) is 11.3 Å². The van der Waals surface area contributed by atoms with E-state index in [4.69, 9.17) is 4.74 Å². The van der Waals surface area contributed by atoms with Crippen molar-refractivity contribution in [2.24, 2.45) is 0 Å². The summed E-state index contributed by atoms with van der Waals surface area (Å²) in [6.45, 7) is 23.7. The third-order valence-corrected chi connectivity index (χ3v) is 9.11. The van der Waals surface area contributed by atoms with E-state index in [1.54, 1.807) is 0 Å². The second-order valence-corrected chi connectivity index (χ2v) is 11.5. The van der Waals surface area contributed by atoms with Gasteiger partial charge in [0.05, 0.1) is 44.4 Å². The van der Waals surface area contributed by atoms with Crippen LogP contribution in [0.2, 0.25) is 0 Å². The molecule has 0 aromatic heterocycles. The number of fused-ring (bicyclic) bond motifs is 6. The van der Waals surface area contributed by atoms with Crippen molar-refractivity contribution in [3.05, 3.63) is 35.4 Å². The van der Waals surface area contributed by atoms with Crippen LogP contribution in [0, 0.1) is 0 Å². The largest absolute Gasteiger partial charge is 0.459 e. The van der Waals surface area contributed by atoms with E-state index in [1.807, 2.05) is 26.0 Å². The minimum Gasteiger partial charge on any atom is -0.459 e. The molecule has 0 N–H and O–H groups in total. The number of hydrogen-bond donors (Lipinski definition) is 0. The smallest absolute Gasteiger partial charge is 0.338 e. The molecule has 0 atom stereocenters. The van der Waals surface area contributed by atoms with Gasteiger partial charge in [0.2, 0.25) is 0 Å². The molecule has 6 aliphatic heterocycles. The summed E-state index contributed by atoms with van der Waals surface area (Å²) in [5, 5.41) is 0. The van der Waals surface area contributed by atoms with Gasteiger partial charge in [-0.15, -0.1) is 0 Å². The Morgan fingerprint density at radius 2 is 1.44 bits per heavy atom. The highest BCUT2D eigenvalue weighted by molar-refractivity contribution is 5.89. The van der Waals surface area contributed by atoms with Gasteiger partial charge in [-0.1, -0.05) is 12.1 Å². The fraction of sp³-hybridized carbons (Fsp3) is 0.731. The van der Waals surface area contributed by atoms with E-state index in [2.05, 4.69) is 17.0 Å². The zero-order chi connectivity index (χ0) is 22.2. The topological polar surface area (TPSA) is 29.5 Å². The summed E-state index contributed by atoms with van der Waals surface area (Å²) in [4.78, 5) is 15.0. The Kier molecular flexibility index (Phi) is 6.08. The van der Waals surface area contributed by atoms with Crippen molar-refractivity contribution in [1.82, 2.24) is 4.90 Å². The molecule has 1 aromatic rings. The maximum atomic E-state index is 12.3. The lowest BCUT2D eigenvalue weighted by Crippen LogP contribution is -2.75. The van der Waals surface area contributed by atoms with Gasteiger partial charge in [-0.3, -0.25) is 4.90 Å². The number of hydrogen-bond acceptors (Lipinski definition) is 3. The van der Waals surface area contributed by atoms with Gasteiger partial charge in [-0.25, -0.2) is 4.79 Å². The van der Waals surface area contributed by atoms with Gasteiger partial charge in [0.15, 0.2) is 0 Å². The van der Waals surface area contributed by atoms with E-state index in [9.17, 15) is 4.79 Å². The number of piperazine rings is 6. The number of quaternary nitrogens is 3. The summed E-state index contributed by atoms with van der Waals surface area (Å²) in [5.41, 5.74) is 1.98. The molecule has 6 heterocycles. The second kappa shape index (κ2) is 8.71. The van der Waals surface area contributed by atoms with Crippen molar-refractivity contribution in [2.45, 2.75) is 32.9 Å². The van der Waals surface area contributed by atoms with E-state index in [0.717, 1.165) is 6.54 Å². The zero-order valence-electron chi connectivity index (χ0n) is 20.3. The van der Waals surface area contributed by atoms with Gasteiger partial charge in [0.1, 0.15) is 45.8 Å². The van der Waals surface area contributed by atoms with Crippen molar-refractivity contribution in [1.29, 1.82) is 0 Å². The lowest BCUT2D eigenvalue weighted by atomic mass is 10.0. The number of carbonyl (C=O) groups is 1. The molecule has 176 valence electrons. The molecule has 0 amide bonds. The fourth-order valence-electron chi connectivity index (χ4n) is 6.79. The number of benzene rings is 1. The average molecular weight is 444 g/mol. The molecular formula is C26H43N4O2+3. The molecule has 0 radical (unpaired) electrons. The van der Waals surface area contributed by atoms with Crippen molar-refractivity contribution in [2.75, 3.05) is 91.6 Å². The summed E-state index contributed by atoms with van der Waals surface area (Å²) in [6.07, 6.45) is 1.33. The van der Waals surface area contributed by atoms with Gasteiger partial charge in [-0.05, 0) is 26.0 Å². The zero-order valence-corrected chi connectivity index (χ0v) is 20.3. The number of esters is 1. The first-order valence-corrected chi connectivity index (χ1v) is 13.0. The van der Waals surface area contributed by atoms with Crippen molar-refractivity contribution >= 4 is 5.97 Å². The number of rotatable bonds is 8. The number of carbonyl (C=O) groups excluding carboxylic acids is 1. The maximum Gasteiger partial charge on any atom is 0.338 e. The molecule has 6 saturated heterocycles. The molecule has 32 heavy (non-hydrogen) atoms. The molecule has 0 unspecified atom stereocenters. The van der Waals surface area contributed by atoms with Gasteiger partial charge < -0.3 is 18.2 Å². The lowest BCUT2D eigenvalue weighted by Gasteiger charge is -2.56. The Morgan fingerprint density at radius 3 is 2.03 bits per heavy atom. The van der Waals surface area contributed by atoms with Crippen LogP contribution in [0.5, 0.6) is 0 Å². The van der Waals surface area contributed by atoms with Crippen molar-refractivity contribution in [3.63, 3.8) is 0 Å². The number of nitrogens with zero attached hydrogens (tertiary/aromatic N) is 4. The normalized spacial score (nSPS) is 35.9.